The Morgan fingerprint density at radius 2 is 2.47 bits per heavy atom. The number of nitrogens with one attached hydrogen (secondary N) is 1. The number of nitrogens with zero attached hydrogens (tertiary/aromatic N) is 1. The van der Waals surface area contributed by atoms with Crippen molar-refractivity contribution in [2.75, 3.05) is 6.54 Å². The van der Waals surface area contributed by atoms with Crippen molar-refractivity contribution in [2.45, 2.75) is 19.9 Å². The van der Waals surface area contributed by atoms with Gasteiger partial charge in [0.05, 0.1) is 0 Å². The average molecular weight is 207 g/mol. The molecule has 1 amide bonds. The minimum atomic E-state index is -0.0216. The molecule has 82 valence electrons. The predicted molar refractivity (Wildman–Crippen MR) is 58.9 cm³/mol. The summed E-state index contributed by atoms with van der Waals surface area (Å²) < 4.78 is 0. The molecule has 0 radical (unpaired) electrons. The fraction of sp³-hybridized carbons (Fsp3) is 0.455. The number of amides is 1. The number of pyridine rings is 1. The fourth-order valence-corrected chi connectivity index (χ4v) is 1.25. The standard InChI is InChI=1S/C11H17N3O/c1-9(4-5-12)11(15)14-8-10-3-2-6-13-7-10/h2-3,6-7,9H,4-5,8,12H2,1H3,(H,14,15). The molecule has 0 spiro atoms. The number of hydrogen-bond donors (Lipinski definition) is 2. The minimum Gasteiger partial charge on any atom is -0.352 e. The van der Waals surface area contributed by atoms with Crippen molar-refractivity contribution in [3.8, 4) is 0 Å². The second kappa shape index (κ2) is 6.14. The Morgan fingerprint density at radius 1 is 1.67 bits per heavy atom. The van der Waals surface area contributed by atoms with E-state index in [-0.39, 0.29) is 11.8 Å². The maximum Gasteiger partial charge on any atom is 0.223 e. The molecule has 0 aliphatic carbocycles. The van der Waals surface area contributed by atoms with Gasteiger partial charge in [-0.05, 0) is 24.6 Å². The zero-order valence-electron chi connectivity index (χ0n) is 8.94. The van der Waals surface area contributed by atoms with E-state index in [1.807, 2.05) is 19.1 Å². The van der Waals surface area contributed by atoms with Crippen molar-refractivity contribution in [2.24, 2.45) is 11.7 Å². The summed E-state index contributed by atoms with van der Waals surface area (Å²) in [6.07, 6.45) is 4.18. The van der Waals surface area contributed by atoms with Gasteiger partial charge in [-0.2, -0.15) is 0 Å². The first-order valence-electron chi connectivity index (χ1n) is 5.10. The Hall–Kier alpha value is -1.42. The SMILES string of the molecule is CC(CCN)C(=O)NCc1cccnc1. The lowest BCUT2D eigenvalue weighted by molar-refractivity contribution is -0.124. The first kappa shape index (κ1) is 11.7. The summed E-state index contributed by atoms with van der Waals surface area (Å²) in [4.78, 5) is 15.5. The third-order valence-corrected chi connectivity index (χ3v) is 2.24. The maximum absolute atomic E-state index is 11.5. The maximum atomic E-state index is 11.5. The molecule has 0 saturated carbocycles. The van der Waals surface area contributed by atoms with Crippen LogP contribution in [-0.4, -0.2) is 17.4 Å². The van der Waals surface area contributed by atoms with E-state index in [0.717, 1.165) is 12.0 Å². The number of aromatic nitrogens is 1. The highest BCUT2D eigenvalue weighted by Crippen LogP contribution is 2.01. The molecule has 1 rings (SSSR count). The Labute approximate surface area is 89.9 Å². The fourth-order valence-electron chi connectivity index (χ4n) is 1.25. The van der Waals surface area contributed by atoms with Crippen molar-refractivity contribution >= 4 is 5.91 Å². The van der Waals surface area contributed by atoms with Gasteiger partial charge in [-0.3, -0.25) is 9.78 Å². The Bertz CT molecular complexity index is 300. The van der Waals surface area contributed by atoms with Crippen molar-refractivity contribution in [1.82, 2.24) is 10.3 Å². The zero-order valence-corrected chi connectivity index (χ0v) is 8.94. The normalized spacial score (nSPS) is 12.1. The molecule has 0 saturated heterocycles. The van der Waals surface area contributed by atoms with E-state index in [4.69, 9.17) is 5.73 Å². The molecule has 1 aromatic heterocycles. The first-order chi connectivity index (χ1) is 7.24. The molecule has 15 heavy (non-hydrogen) atoms. The van der Waals surface area contributed by atoms with E-state index in [1.54, 1.807) is 12.4 Å². The Kier molecular flexibility index (Phi) is 4.77. The second-order valence-corrected chi connectivity index (χ2v) is 3.56. The van der Waals surface area contributed by atoms with Crippen LogP contribution in [0.4, 0.5) is 0 Å². The van der Waals surface area contributed by atoms with E-state index in [0.29, 0.717) is 13.1 Å². The van der Waals surface area contributed by atoms with Gasteiger partial charge < -0.3 is 11.1 Å². The number of rotatable bonds is 5. The summed E-state index contributed by atoms with van der Waals surface area (Å²) in [5.74, 6) is 0.0241. The van der Waals surface area contributed by atoms with E-state index in [9.17, 15) is 4.79 Å². The van der Waals surface area contributed by atoms with Gasteiger partial charge in [0.25, 0.3) is 0 Å². The lowest BCUT2D eigenvalue weighted by Crippen LogP contribution is -2.29. The highest BCUT2D eigenvalue weighted by molar-refractivity contribution is 5.78. The van der Waals surface area contributed by atoms with Gasteiger partial charge >= 0.3 is 0 Å². The predicted octanol–water partition coefficient (Wildman–Crippen LogP) is 0.683. The second-order valence-electron chi connectivity index (χ2n) is 3.56. The van der Waals surface area contributed by atoms with Gasteiger partial charge in [-0.15, -0.1) is 0 Å². The van der Waals surface area contributed by atoms with Crippen LogP contribution in [-0.2, 0) is 11.3 Å². The lowest BCUT2D eigenvalue weighted by Gasteiger charge is -2.10. The third kappa shape index (κ3) is 4.08. The highest BCUT2D eigenvalue weighted by atomic mass is 16.1. The van der Waals surface area contributed by atoms with Crippen LogP contribution in [0, 0.1) is 5.92 Å². The van der Waals surface area contributed by atoms with Crippen LogP contribution in [0.25, 0.3) is 0 Å². The molecule has 1 aromatic rings. The molecule has 0 bridgehead atoms. The van der Waals surface area contributed by atoms with Gasteiger partial charge in [0.2, 0.25) is 5.91 Å². The molecule has 1 atom stereocenters. The summed E-state index contributed by atoms with van der Waals surface area (Å²) in [6, 6.07) is 3.78. The number of hydrogen-bond acceptors (Lipinski definition) is 3. The first-order valence-corrected chi connectivity index (χ1v) is 5.10. The molecule has 0 fully saturated rings. The number of carbonyl (C=O) groups excluding carboxylic acids is 1. The van der Waals surface area contributed by atoms with E-state index in [1.165, 1.54) is 0 Å². The van der Waals surface area contributed by atoms with Crippen LogP contribution in [0.5, 0.6) is 0 Å². The smallest absolute Gasteiger partial charge is 0.223 e. The zero-order chi connectivity index (χ0) is 11.1. The van der Waals surface area contributed by atoms with E-state index < -0.39 is 0 Å². The van der Waals surface area contributed by atoms with Crippen LogP contribution in [0.2, 0.25) is 0 Å². The number of nitrogens with two attached hydrogens (primary N) is 1. The van der Waals surface area contributed by atoms with E-state index in [2.05, 4.69) is 10.3 Å². The van der Waals surface area contributed by atoms with Crippen LogP contribution >= 0.6 is 0 Å². The van der Waals surface area contributed by atoms with Gasteiger partial charge in [-0.25, -0.2) is 0 Å². The van der Waals surface area contributed by atoms with Gasteiger partial charge in [0.15, 0.2) is 0 Å². The van der Waals surface area contributed by atoms with E-state index >= 15 is 0 Å². The average Bonchev–Trinajstić information content (AvgIpc) is 2.27. The molecule has 3 N–H and O–H groups in total. The molecule has 1 heterocycles. The molecule has 0 aliphatic heterocycles. The molecule has 4 heteroatoms. The van der Waals surface area contributed by atoms with Crippen LogP contribution in [0.1, 0.15) is 18.9 Å². The topological polar surface area (TPSA) is 68.0 Å². The Balaban J connectivity index is 2.34. The quantitative estimate of drug-likeness (QED) is 0.746. The molecular formula is C11H17N3O. The van der Waals surface area contributed by atoms with Crippen molar-refractivity contribution in [3.63, 3.8) is 0 Å². The van der Waals surface area contributed by atoms with Crippen molar-refractivity contribution < 1.29 is 4.79 Å². The van der Waals surface area contributed by atoms with Gasteiger partial charge in [0, 0.05) is 24.9 Å². The van der Waals surface area contributed by atoms with Crippen LogP contribution in [0.3, 0.4) is 0 Å². The van der Waals surface area contributed by atoms with Gasteiger partial charge in [-0.1, -0.05) is 13.0 Å². The molecule has 1 unspecified atom stereocenters. The summed E-state index contributed by atoms with van der Waals surface area (Å²) >= 11 is 0. The molecule has 0 aromatic carbocycles. The third-order valence-electron chi connectivity index (χ3n) is 2.24. The highest BCUT2D eigenvalue weighted by Gasteiger charge is 2.10. The van der Waals surface area contributed by atoms with Crippen molar-refractivity contribution in [3.05, 3.63) is 30.1 Å². The molecule has 4 nitrogen and oxygen atoms in total. The van der Waals surface area contributed by atoms with Gasteiger partial charge in [0.1, 0.15) is 0 Å². The minimum absolute atomic E-state index is 0.0216. The summed E-state index contributed by atoms with van der Waals surface area (Å²) in [7, 11) is 0. The number of carbonyl (C=O) groups is 1. The summed E-state index contributed by atoms with van der Waals surface area (Å²) in [6.45, 7) is 2.95. The summed E-state index contributed by atoms with van der Waals surface area (Å²) in [5, 5.41) is 2.85. The largest absolute Gasteiger partial charge is 0.352 e. The van der Waals surface area contributed by atoms with Crippen LogP contribution in [0.15, 0.2) is 24.5 Å². The Morgan fingerprint density at radius 3 is 3.07 bits per heavy atom. The monoisotopic (exact) mass is 207 g/mol. The van der Waals surface area contributed by atoms with Crippen molar-refractivity contribution in [1.29, 1.82) is 0 Å². The molecule has 0 aliphatic rings. The molecular weight excluding hydrogens is 190 g/mol. The van der Waals surface area contributed by atoms with Crippen LogP contribution < -0.4 is 11.1 Å². The lowest BCUT2D eigenvalue weighted by atomic mass is 10.1. The summed E-state index contributed by atoms with van der Waals surface area (Å²) in [5.41, 5.74) is 6.39.